The van der Waals surface area contributed by atoms with Crippen molar-refractivity contribution in [2.24, 2.45) is 0 Å². The van der Waals surface area contributed by atoms with E-state index in [9.17, 15) is 71.5 Å². The number of hydrogen-bond donors (Lipinski definition) is 2. The number of hydrogen-bond acceptors (Lipinski definition) is 5. The van der Waals surface area contributed by atoms with E-state index in [4.69, 9.17) is 9.84 Å². The van der Waals surface area contributed by atoms with Gasteiger partial charge in [0.15, 0.2) is 0 Å². The van der Waals surface area contributed by atoms with Crippen molar-refractivity contribution in [1.29, 1.82) is 0 Å². The summed E-state index contributed by atoms with van der Waals surface area (Å²) in [7, 11) is 0. The zero-order valence-corrected chi connectivity index (χ0v) is 21.6. The Hall–Kier alpha value is -4.26. The van der Waals surface area contributed by atoms with Crippen molar-refractivity contribution < 1.29 is 86.0 Å². The van der Waals surface area contributed by atoms with Crippen LogP contribution in [0.2, 0.25) is 0 Å². The molecule has 0 aliphatic heterocycles. The lowest BCUT2D eigenvalue weighted by Gasteiger charge is -2.38. The Bertz CT molecular complexity index is 1420. The van der Waals surface area contributed by atoms with E-state index >= 15 is 0 Å². The molecule has 7 nitrogen and oxygen atoms in total. The highest BCUT2D eigenvalue weighted by Crippen LogP contribution is 2.60. The van der Waals surface area contributed by atoms with Crippen LogP contribution in [0.1, 0.15) is 23.5 Å². The molecule has 20 heteroatoms. The second kappa shape index (κ2) is 11.6. The number of carboxylic acid groups (broad SMARTS) is 1. The van der Waals surface area contributed by atoms with Crippen molar-refractivity contribution in [1.82, 2.24) is 5.32 Å². The van der Waals surface area contributed by atoms with Crippen LogP contribution < -0.4 is 5.32 Å². The molecule has 248 valence electrons. The number of carbonyl (C=O) groups excluding carboxylic acids is 2. The van der Waals surface area contributed by atoms with Crippen molar-refractivity contribution in [2.75, 3.05) is 6.61 Å². The van der Waals surface area contributed by atoms with Gasteiger partial charge in [0, 0.05) is 5.92 Å². The number of fused-ring (bicyclic) bond motifs is 3. The van der Waals surface area contributed by atoms with Crippen LogP contribution in [0.5, 0.6) is 0 Å². The fourth-order valence-electron chi connectivity index (χ4n) is 4.15. The average Bonchev–Trinajstić information content (AvgIpc) is 3.23. The molecule has 0 unspecified atom stereocenters. The molecule has 2 aromatic rings. The fourth-order valence-corrected chi connectivity index (χ4v) is 4.15. The highest BCUT2D eigenvalue weighted by molar-refractivity contribution is 5.85. The predicted molar refractivity (Wildman–Crippen MR) is 121 cm³/mol. The predicted octanol–water partition coefficient (Wildman–Crippen LogP) is 6.61. The summed E-state index contributed by atoms with van der Waals surface area (Å²) in [6.45, 7) is -0.479. The minimum Gasteiger partial charge on any atom is -0.480 e. The van der Waals surface area contributed by atoms with E-state index in [1.165, 1.54) is 5.32 Å². The van der Waals surface area contributed by atoms with Gasteiger partial charge < -0.3 is 19.9 Å². The third-order valence-corrected chi connectivity index (χ3v) is 6.45. The van der Waals surface area contributed by atoms with Crippen LogP contribution in [-0.4, -0.2) is 71.8 Å². The van der Waals surface area contributed by atoms with E-state index in [1.54, 1.807) is 48.5 Å². The Morgan fingerprint density at radius 3 is 1.60 bits per heavy atom. The van der Waals surface area contributed by atoms with Crippen molar-refractivity contribution in [3.05, 3.63) is 59.7 Å². The number of alkyl carbamates (subject to hydrolysis) is 1. The number of aliphatic carboxylic acids is 1. The molecule has 45 heavy (non-hydrogen) atoms. The summed E-state index contributed by atoms with van der Waals surface area (Å²) >= 11 is 0. The van der Waals surface area contributed by atoms with Crippen molar-refractivity contribution in [3.63, 3.8) is 0 Å². The zero-order valence-electron chi connectivity index (χ0n) is 21.6. The van der Waals surface area contributed by atoms with Gasteiger partial charge in [-0.2, -0.15) is 57.1 Å². The zero-order chi connectivity index (χ0) is 34.4. The van der Waals surface area contributed by atoms with Crippen LogP contribution >= 0.6 is 0 Å². The average molecular weight is 673 g/mol. The maximum absolute atomic E-state index is 13.8. The molecule has 1 aliphatic rings. The Morgan fingerprint density at radius 1 is 0.711 bits per heavy atom. The molecule has 2 N–H and O–H groups in total. The minimum atomic E-state index is -8.23. The van der Waals surface area contributed by atoms with E-state index < -0.39 is 79.0 Å². The smallest absolute Gasteiger partial charge is 0.473 e. The number of carboxylic acids is 1. The van der Waals surface area contributed by atoms with Gasteiger partial charge in [-0.1, -0.05) is 48.5 Å². The van der Waals surface area contributed by atoms with Crippen LogP contribution in [0.3, 0.4) is 0 Å². The minimum absolute atomic E-state index is 0.479. The summed E-state index contributed by atoms with van der Waals surface area (Å²) in [4.78, 5) is 35.3. The van der Waals surface area contributed by atoms with Crippen LogP contribution in [-0.2, 0) is 19.1 Å². The van der Waals surface area contributed by atoms with Gasteiger partial charge >= 0.3 is 54.0 Å². The highest BCUT2D eigenvalue weighted by Gasteiger charge is 2.92. The van der Waals surface area contributed by atoms with Gasteiger partial charge in [-0.05, 0) is 22.3 Å². The second-order valence-corrected chi connectivity index (χ2v) is 9.35. The lowest BCUT2D eigenvalue weighted by atomic mass is 9.97. The molecule has 1 atom stereocenters. The summed E-state index contributed by atoms with van der Waals surface area (Å²) in [5.41, 5.74) is 2.86. The third kappa shape index (κ3) is 6.05. The van der Waals surface area contributed by atoms with E-state index in [0.29, 0.717) is 11.1 Å². The lowest BCUT2D eigenvalue weighted by Crippen LogP contribution is -2.70. The van der Waals surface area contributed by atoms with Gasteiger partial charge in [0.05, 0.1) is 6.42 Å². The number of benzene rings is 2. The Morgan fingerprint density at radius 2 is 1.16 bits per heavy atom. The maximum atomic E-state index is 13.8. The largest absolute Gasteiger partial charge is 0.480 e. The quantitative estimate of drug-likeness (QED) is 0.206. The normalized spacial score (nSPS) is 15.1. The molecule has 0 saturated heterocycles. The molecule has 1 aliphatic carbocycles. The third-order valence-electron chi connectivity index (χ3n) is 6.45. The molecule has 0 radical (unpaired) electrons. The summed E-state index contributed by atoms with van der Waals surface area (Å²) < 4.78 is 179. The summed E-state index contributed by atoms with van der Waals surface area (Å²) in [6, 6.07) is 10.9. The Kier molecular flexibility index (Phi) is 9.07. The number of alkyl halides is 13. The van der Waals surface area contributed by atoms with Crippen molar-refractivity contribution >= 4 is 18.0 Å². The molecule has 0 fully saturated rings. The van der Waals surface area contributed by atoms with Crippen LogP contribution in [0, 0.1) is 0 Å². The maximum Gasteiger partial charge on any atom is 0.473 e. The number of halogens is 13. The van der Waals surface area contributed by atoms with E-state index in [2.05, 4.69) is 4.74 Å². The summed E-state index contributed by atoms with van der Waals surface area (Å²) in [5, 5.41) is 10.6. The standard InChI is InChI=1S/C25H16F13NO6/c26-20(27,22(30,31)24(34,35)36)21(28,29)23(32,33)25(37,38)45-17(40)9-16(18(41)42)39-19(43)44-10-15-13-7-3-1-5-11(13)12-6-2-4-8-14(12)15/h1-8,15-16H,9-10H2,(H,39,43)(H,41,42)/t16-/m0/s1. The molecule has 1 amide bonds. The van der Waals surface area contributed by atoms with Gasteiger partial charge in [0.25, 0.3) is 0 Å². The summed E-state index contributed by atoms with van der Waals surface area (Å²) in [5.74, 6) is -38.2. The topological polar surface area (TPSA) is 102 Å². The number of nitrogens with one attached hydrogen (secondary N) is 1. The molecule has 0 aromatic heterocycles. The molecule has 2 aromatic carbocycles. The Balaban J connectivity index is 1.70. The van der Waals surface area contributed by atoms with Crippen LogP contribution in [0.4, 0.5) is 61.9 Å². The molecule has 0 spiro atoms. The molecule has 0 heterocycles. The van der Waals surface area contributed by atoms with Gasteiger partial charge in [0.2, 0.25) is 0 Å². The molecule has 0 bridgehead atoms. The van der Waals surface area contributed by atoms with Gasteiger partial charge in [-0.3, -0.25) is 4.79 Å². The monoisotopic (exact) mass is 673 g/mol. The van der Waals surface area contributed by atoms with Crippen molar-refractivity contribution in [2.45, 2.75) is 54.4 Å². The number of esters is 1. The van der Waals surface area contributed by atoms with E-state index in [1.807, 2.05) is 0 Å². The first-order chi connectivity index (χ1) is 20.4. The fraction of sp³-hybridized carbons (Fsp3) is 0.400. The molecule has 3 rings (SSSR count). The van der Waals surface area contributed by atoms with Gasteiger partial charge in [-0.15, -0.1) is 0 Å². The SMILES string of the molecule is O=C(C[C@H](NC(=O)OCC1c2ccccc2-c2ccccc21)C(=O)O)OC(F)(F)C(F)(F)C(F)(F)C(F)(F)C(F)(F)C(F)(F)F. The first-order valence-electron chi connectivity index (χ1n) is 11.9. The molecular formula is C25H16F13NO6. The first-order valence-corrected chi connectivity index (χ1v) is 11.9. The van der Waals surface area contributed by atoms with Gasteiger partial charge in [0.1, 0.15) is 12.6 Å². The summed E-state index contributed by atoms with van der Waals surface area (Å²) in [6.07, 6.45) is -18.6. The second-order valence-electron chi connectivity index (χ2n) is 9.35. The number of amides is 1. The first kappa shape index (κ1) is 35.2. The molecular weight excluding hydrogens is 657 g/mol. The van der Waals surface area contributed by atoms with E-state index in [0.717, 1.165) is 11.1 Å². The van der Waals surface area contributed by atoms with Crippen LogP contribution in [0.15, 0.2) is 48.5 Å². The molecule has 0 saturated carbocycles. The van der Waals surface area contributed by atoms with Crippen molar-refractivity contribution in [3.8, 4) is 11.1 Å². The highest BCUT2D eigenvalue weighted by atomic mass is 19.4. The number of rotatable bonds is 11. The van der Waals surface area contributed by atoms with E-state index in [-0.39, 0.29) is 0 Å². The lowest BCUT2D eigenvalue weighted by molar-refractivity contribution is -0.460. The Labute approximate surface area is 241 Å². The number of carbonyl (C=O) groups is 3. The van der Waals surface area contributed by atoms with Crippen LogP contribution in [0.25, 0.3) is 11.1 Å². The van der Waals surface area contributed by atoms with Gasteiger partial charge in [-0.25, -0.2) is 9.59 Å². The number of ether oxygens (including phenoxy) is 2.